The first-order valence-electron chi connectivity index (χ1n) is 12.8. The molecule has 5 atom stereocenters. The Morgan fingerprint density at radius 3 is 2.76 bits per heavy atom. The average molecular weight is 511 g/mol. The molecule has 3 aromatic rings. The van der Waals surface area contributed by atoms with Gasteiger partial charge in [-0.3, -0.25) is 9.88 Å². The first-order valence-corrected chi connectivity index (χ1v) is 12.8. The summed E-state index contributed by atoms with van der Waals surface area (Å²) in [5, 5.41) is 12.3. The van der Waals surface area contributed by atoms with E-state index in [1.807, 2.05) is 24.3 Å². The maximum atomic E-state index is 14.6. The monoisotopic (exact) mass is 510 g/mol. The number of benzene rings is 2. The van der Waals surface area contributed by atoms with Crippen molar-refractivity contribution in [3.05, 3.63) is 71.9 Å². The van der Waals surface area contributed by atoms with E-state index in [4.69, 9.17) is 9.47 Å². The number of aliphatic hydroxyl groups is 1. The molecule has 2 aromatic carbocycles. The number of hydrogen-bond acceptors (Lipinski definition) is 6. The fraction of sp³-hybridized carbons (Fsp3) is 0.448. The summed E-state index contributed by atoms with van der Waals surface area (Å²) in [6, 6.07) is 15.6. The number of pyridine rings is 1. The Labute approximate surface area is 215 Å². The van der Waals surface area contributed by atoms with Crippen LogP contribution in [0.2, 0.25) is 0 Å². The SMILES string of the molecule is COc1ccc2nccc([C@@H](O)[C@@H]3C[C@@H]4CCN3C[C@@H]4CCC(F)(F)COC(=O)c3ccccc3)c2c1. The van der Waals surface area contributed by atoms with Crippen LogP contribution in [0.4, 0.5) is 8.78 Å². The number of esters is 1. The van der Waals surface area contributed by atoms with Gasteiger partial charge in [0.1, 0.15) is 5.75 Å². The summed E-state index contributed by atoms with van der Waals surface area (Å²) in [6.45, 7) is 0.612. The van der Waals surface area contributed by atoms with Crippen molar-refractivity contribution >= 4 is 16.9 Å². The van der Waals surface area contributed by atoms with Gasteiger partial charge < -0.3 is 14.6 Å². The maximum absolute atomic E-state index is 14.6. The van der Waals surface area contributed by atoms with E-state index in [0.717, 1.165) is 35.9 Å². The Morgan fingerprint density at radius 1 is 1.22 bits per heavy atom. The molecule has 8 heteroatoms. The molecule has 3 aliphatic rings. The summed E-state index contributed by atoms with van der Waals surface area (Å²) in [6.07, 6.45) is 2.72. The van der Waals surface area contributed by atoms with Crippen LogP contribution in [0.5, 0.6) is 5.75 Å². The summed E-state index contributed by atoms with van der Waals surface area (Å²) in [4.78, 5) is 18.7. The minimum absolute atomic E-state index is 0.0702. The fourth-order valence-corrected chi connectivity index (χ4v) is 5.87. The van der Waals surface area contributed by atoms with Gasteiger partial charge in [-0.2, -0.15) is 0 Å². The number of carbonyl (C=O) groups excluding carboxylic acids is 1. The number of aromatic nitrogens is 1. The van der Waals surface area contributed by atoms with Gasteiger partial charge in [-0.25, -0.2) is 13.6 Å². The van der Waals surface area contributed by atoms with E-state index in [1.165, 1.54) is 0 Å². The largest absolute Gasteiger partial charge is 0.497 e. The zero-order valence-corrected chi connectivity index (χ0v) is 20.9. The van der Waals surface area contributed by atoms with Crippen LogP contribution in [0.1, 0.15) is 47.7 Å². The van der Waals surface area contributed by atoms with Crippen molar-refractivity contribution in [3.63, 3.8) is 0 Å². The van der Waals surface area contributed by atoms with E-state index in [9.17, 15) is 18.7 Å². The molecule has 0 spiro atoms. The number of hydrogen-bond donors (Lipinski definition) is 1. The van der Waals surface area contributed by atoms with Crippen LogP contribution in [0.3, 0.4) is 0 Å². The highest BCUT2D eigenvalue weighted by atomic mass is 19.3. The average Bonchev–Trinajstić information content (AvgIpc) is 2.94. The number of halogens is 2. The topological polar surface area (TPSA) is 71.9 Å². The Morgan fingerprint density at radius 2 is 2.03 bits per heavy atom. The molecule has 2 bridgehead atoms. The molecule has 1 aromatic heterocycles. The third-order valence-electron chi connectivity index (χ3n) is 7.91. The number of aliphatic hydroxyl groups excluding tert-OH is 1. The summed E-state index contributed by atoms with van der Waals surface area (Å²) in [5.74, 6) is -2.71. The number of carbonyl (C=O) groups is 1. The molecule has 0 amide bonds. The molecule has 0 radical (unpaired) electrons. The number of fused-ring (bicyclic) bond motifs is 4. The van der Waals surface area contributed by atoms with Gasteiger partial charge in [-0.1, -0.05) is 18.2 Å². The second kappa shape index (κ2) is 10.7. The number of rotatable bonds is 9. The minimum atomic E-state index is -3.08. The molecule has 1 unspecified atom stereocenters. The van der Waals surface area contributed by atoms with Crippen LogP contribution in [0, 0.1) is 11.8 Å². The lowest BCUT2D eigenvalue weighted by atomic mass is 9.71. The smallest absolute Gasteiger partial charge is 0.338 e. The van der Waals surface area contributed by atoms with Crippen molar-refractivity contribution in [3.8, 4) is 5.75 Å². The molecular weight excluding hydrogens is 478 g/mol. The molecule has 0 saturated carbocycles. The van der Waals surface area contributed by atoms with Crippen LogP contribution < -0.4 is 4.74 Å². The second-order valence-corrected chi connectivity index (χ2v) is 10.2. The second-order valence-electron chi connectivity index (χ2n) is 10.2. The standard InChI is InChI=1S/C29H32F2N2O4/c1-36-22-7-8-25-24(16-22)23(10-13-32-25)27(34)26-15-20-11-14-33(26)17-21(20)9-12-29(30,31)18-37-28(35)19-5-3-2-4-6-19/h2-8,10,13,16,20-21,26-27,34H,9,11-12,14-15,17-18H2,1H3/t20-,21-,26-,27+/m0/s1. The molecule has 196 valence electrons. The van der Waals surface area contributed by atoms with Gasteiger partial charge in [0.15, 0.2) is 6.61 Å². The third-order valence-corrected chi connectivity index (χ3v) is 7.91. The van der Waals surface area contributed by atoms with Gasteiger partial charge in [0.25, 0.3) is 5.92 Å². The van der Waals surface area contributed by atoms with Gasteiger partial charge in [0.2, 0.25) is 0 Å². The third kappa shape index (κ3) is 5.60. The number of ether oxygens (including phenoxy) is 2. The highest BCUT2D eigenvalue weighted by molar-refractivity contribution is 5.89. The number of methoxy groups -OCH3 is 1. The van der Waals surface area contributed by atoms with Crippen LogP contribution in [0.15, 0.2) is 60.8 Å². The Kier molecular flexibility index (Phi) is 7.40. The van der Waals surface area contributed by atoms with E-state index in [-0.39, 0.29) is 29.9 Å². The van der Waals surface area contributed by atoms with Gasteiger partial charge in [0, 0.05) is 30.6 Å². The molecule has 37 heavy (non-hydrogen) atoms. The van der Waals surface area contributed by atoms with E-state index < -0.39 is 24.6 Å². The summed E-state index contributed by atoms with van der Waals surface area (Å²) >= 11 is 0. The molecule has 6 rings (SSSR count). The molecule has 3 fully saturated rings. The quantitative estimate of drug-likeness (QED) is 0.396. The maximum Gasteiger partial charge on any atom is 0.338 e. The van der Waals surface area contributed by atoms with Gasteiger partial charge in [-0.05, 0) is 79.6 Å². The lowest BCUT2D eigenvalue weighted by Gasteiger charge is -2.51. The van der Waals surface area contributed by atoms with Crippen molar-refractivity contribution in [1.29, 1.82) is 0 Å². The van der Waals surface area contributed by atoms with Gasteiger partial charge in [0.05, 0.1) is 24.3 Å². The highest BCUT2D eigenvalue weighted by Gasteiger charge is 2.44. The summed E-state index contributed by atoms with van der Waals surface area (Å²) in [5.41, 5.74) is 1.87. The van der Waals surface area contributed by atoms with E-state index in [2.05, 4.69) is 9.88 Å². The Balaban J connectivity index is 1.19. The fourth-order valence-electron chi connectivity index (χ4n) is 5.87. The van der Waals surface area contributed by atoms with Crippen LogP contribution in [-0.2, 0) is 4.74 Å². The van der Waals surface area contributed by atoms with E-state index in [0.29, 0.717) is 18.7 Å². The highest BCUT2D eigenvalue weighted by Crippen LogP contribution is 2.44. The molecule has 0 aliphatic carbocycles. The van der Waals surface area contributed by atoms with Crippen LogP contribution >= 0.6 is 0 Å². The zero-order valence-electron chi connectivity index (χ0n) is 20.9. The summed E-state index contributed by atoms with van der Waals surface area (Å²) in [7, 11) is 1.61. The van der Waals surface area contributed by atoms with Crippen molar-refractivity contribution in [2.45, 2.75) is 43.8 Å². The number of alkyl halides is 2. The van der Waals surface area contributed by atoms with Crippen molar-refractivity contribution < 1.29 is 28.2 Å². The zero-order chi connectivity index (χ0) is 26.0. The first-order chi connectivity index (χ1) is 17.8. The van der Waals surface area contributed by atoms with Crippen LogP contribution in [-0.4, -0.2) is 59.7 Å². The first kappa shape index (κ1) is 25.5. The molecule has 6 nitrogen and oxygen atoms in total. The Hall–Kier alpha value is -3.10. The molecular formula is C29H32F2N2O4. The summed E-state index contributed by atoms with van der Waals surface area (Å²) < 4.78 is 39.4. The number of piperidine rings is 3. The van der Waals surface area contributed by atoms with Crippen molar-refractivity contribution in [1.82, 2.24) is 9.88 Å². The normalized spacial score (nSPS) is 24.1. The molecule has 1 N–H and O–H groups in total. The predicted octanol–water partition coefficient (Wildman–Crippen LogP) is 5.26. The van der Waals surface area contributed by atoms with Crippen molar-refractivity contribution in [2.24, 2.45) is 11.8 Å². The van der Waals surface area contributed by atoms with Crippen LogP contribution in [0.25, 0.3) is 10.9 Å². The predicted molar refractivity (Wildman–Crippen MR) is 136 cm³/mol. The van der Waals surface area contributed by atoms with Gasteiger partial charge in [-0.15, -0.1) is 0 Å². The molecule has 4 heterocycles. The number of nitrogens with zero attached hydrogens (tertiary/aromatic N) is 2. The van der Waals surface area contributed by atoms with E-state index >= 15 is 0 Å². The van der Waals surface area contributed by atoms with E-state index in [1.54, 1.807) is 43.6 Å². The lowest BCUT2D eigenvalue weighted by molar-refractivity contribution is -0.0870. The minimum Gasteiger partial charge on any atom is -0.497 e. The van der Waals surface area contributed by atoms with Gasteiger partial charge >= 0.3 is 5.97 Å². The molecule has 3 saturated heterocycles. The lowest BCUT2D eigenvalue weighted by Crippen LogP contribution is -2.55. The van der Waals surface area contributed by atoms with Crippen molar-refractivity contribution in [2.75, 3.05) is 26.8 Å². The molecule has 3 aliphatic heterocycles. The Bertz CT molecular complexity index is 1240.